The third-order valence-electron chi connectivity index (χ3n) is 6.17. The average Bonchev–Trinajstić information content (AvgIpc) is 3.18. The van der Waals surface area contributed by atoms with E-state index in [1.54, 1.807) is 13.0 Å². The van der Waals surface area contributed by atoms with E-state index in [1.165, 1.54) is 10.6 Å². The van der Waals surface area contributed by atoms with Crippen molar-refractivity contribution >= 4 is 22.9 Å². The molecule has 1 N–H and O–H groups in total. The van der Waals surface area contributed by atoms with Crippen LogP contribution in [-0.4, -0.2) is 20.6 Å². The van der Waals surface area contributed by atoms with Gasteiger partial charge in [-0.05, 0) is 30.2 Å². The maximum atomic E-state index is 13.3. The highest BCUT2D eigenvalue weighted by Gasteiger charge is 2.45. The Bertz CT molecular complexity index is 1500. The normalized spacial score (nSPS) is 18.1. The number of aromatic nitrogens is 2. The zero-order valence-corrected chi connectivity index (χ0v) is 17.0. The van der Waals surface area contributed by atoms with Crippen LogP contribution >= 0.6 is 0 Å². The number of rotatable bonds is 2. The van der Waals surface area contributed by atoms with Crippen LogP contribution in [0, 0.1) is 22.7 Å². The molecule has 0 radical (unpaired) electrons. The molecule has 1 atom stereocenters. The lowest BCUT2D eigenvalue weighted by molar-refractivity contribution is -0.172. The lowest BCUT2D eigenvalue weighted by Crippen LogP contribution is -2.44. The largest absolute Gasteiger partial charge is 0.458 e. The van der Waals surface area contributed by atoms with Crippen LogP contribution in [0.15, 0.2) is 40.7 Å². The first-order chi connectivity index (χ1) is 15.4. The molecule has 32 heavy (non-hydrogen) atoms. The van der Waals surface area contributed by atoms with Crippen LogP contribution in [0.1, 0.15) is 35.6 Å². The number of carbonyl (C=O) groups excluding carboxylic acids is 1. The lowest BCUT2D eigenvalue weighted by Gasteiger charge is -2.31. The van der Waals surface area contributed by atoms with Crippen molar-refractivity contribution in [3.05, 3.63) is 68.5 Å². The molecule has 8 heteroatoms. The average molecular weight is 424 g/mol. The Hall–Kier alpha value is -4.27. The smallest absolute Gasteiger partial charge is 0.343 e. The number of aliphatic hydroxyl groups is 1. The Morgan fingerprint density at radius 2 is 2.03 bits per heavy atom. The van der Waals surface area contributed by atoms with Gasteiger partial charge < -0.3 is 14.4 Å². The zero-order valence-electron chi connectivity index (χ0n) is 17.0. The van der Waals surface area contributed by atoms with Crippen LogP contribution in [0.25, 0.3) is 28.4 Å². The number of nitrogens with zero attached hydrogens (tertiary/aromatic N) is 4. The summed E-state index contributed by atoms with van der Waals surface area (Å²) in [6.45, 7) is 1.62. The number of ether oxygens (including phenoxy) is 1. The van der Waals surface area contributed by atoms with Gasteiger partial charge in [-0.15, -0.1) is 0 Å². The first-order valence-electron chi connectivity index (χ1n) is 10.0. The van der Waals surface area contributed by atoms with Crippen molar-refractivity contribution < 1.29 is 14.6 Å². The van der Waals surface area contributed by atoms with Crippen molar-refractivity contribution in [2.75, 3.05) is 0 Å². The fourth-order valence-electron chi connectivity index (χ4n) is 4.46. The summed E-state index contributed by atoms with van der Waals surface area (Å²) in [6.07, 6.45) is 1.57. The maximum absolute atomic E-state index is 13.3. The van der Waals surface area contributed by atoms with Gasteiger partial charge in [-0.2, -0.15) is 10.5 Å². The molecule has 2 aromatic heterocycles. The van der Waals surface area contributed by atoms with Crippen LogP contribution in [-0.2, 0) is 28.3 Å². The summed E-state index contributed by atoms with van der Waals surface area (Å²) >= 11 is 0. The van der Waals surface area contributed by atoms with Gasteiger partial charge in [-0.25, -0.2) is 9.78 Å². The highest BCUT2D eigenvalue weighted by atomic mass is 16.6. The number of hydrogen-bond donors (Lipinski definition) is 1. The number of carbonyl (C=O) groups is 1. The second kappa shape index (κ2) is 6.88. The van der Waals surface area contributed by atoms with Gasteiger partial charge in [0.25, 0.3) is 5.56 Å². The Kier molecular flexibility index (Phi) is 4.23. The van der Waals surface area contributed by atoms with Crippen LogP contribution in [0.3, 0.4) is 0 Å². The van der Waals surface area contributed by atoms with Crippen LogP contribution in [0.2, 0.25) is 0 Å². The lowest BCUT2D eigenvalue weighted by atomic mass is 9.86. The number of pyridine rings is 2. The van der Waals surface area contributed by atoms with Crippen molar-refractivity contribution in [2.24, 2.45) is 0 Å². The minimum Gasteiger partial charge on any atom is -0.458 e. The summed E-state index contributed by atoms with van der Waals surface area (Å²) in [5.41, 5.74) is 1.10. The van der Waals surface area contributed by atoms with E-state index >= 15 is 0 Å². The Morgan fingerprint density at radius 1 is 1.28 bits per heavy atom. The van der Waals surface area contributed by atoms with E-state index in [-0.39, 0.29) is 41.8 Å². The number of allylic oxidation sites excluding steroid dienone is 1. The molecule has 4 heterocycles. The van der Waals surface area contributed by atoms with Gasteiger partial charge in [-0.1, -0.05) is 25.1 Å². The van der Waals surface area contributed by atoms with Crippen molar-refractivity contribution in [2.45, 2.75) is 32.1 Å². The first-order valence-corrected chi connectivity index (χ1v) is 10.0. The van der Waals surface area contributed by atoms with E-state index in [2.05, 4.69) is 0 Å². The minimum absolute atomic E-state index is 0.0570. The molecule has 1 aromatic carbocycles. The molecule has 5 rings (SSSR count). The van der Waals surface area contributed by atoms with E-state index in [0.29, 0.717) is 28.0 Å². The number of cyclic esters (lactones) is 1. The fourth-order valence-corrected chi connectivity index (χ4v) is 4.46. The summed E-state index contributed by atoms with van der Waals surface area (Å²) in [6, 6.07) is 12.7. The second-order valence-corrected chi connectivity index (χ2v) is 7.75. The minimum atomic E-state index is -1.90. The standard InChI is InChI=1S/C24H16N4O4/c1-2-24(31)18-8-20-21-16(11-28(20)22(29)17(18)12-32-23(24)30)15(7-13(9-25)10-26)14-5-3-4-6-19(14)27-21/h3-8,31H,2,11-12H2,1H3/t24-/m0/s1. The number of benzene rings is 1. The summed E-state index contributed by atoms with van der Waals surface area (Å²) < 4.78 is 6.63. The molecule has 2 aliphatic heterocycles. The van der Waals surface area contributed by atoms with E-state index in [0.717, 1.165) is 5.39 Å². The van der Waals surface area contributed by atoms with Crippen molar-refractivity contribution in [1.29, 1.82) is 10.5 Å². The van der Waals surface area contributed by atoms with E-state index in [1.807, 2.05) is 36.4 Å². The second-order valence-electron chi connectivity index (χ2n) is 7.75. The Balaban J connectivity index is 1.86. The molecule has 0 saturated carbocycles. The summed E-state index contributed by atoms with van der Waals surface area (Å²) in [7, 11) is 0. The van der Waals surface area contributed by atoms with Crippen molar-refractivity contribution in [1.82, 2.24) is 9.55 Å². The molecule has 0 aliphatic carbocycles. The van der Waals surface area contributed by atoms with Gasteiger partial charge >= 0.3 is 5.97 Å². The predicted octanol–water partition coefficient (Wildman–Crippen LogP) is 2.51. The Morgan fingerprint density at radius 3 is 2.75 bits per heavy atom. The van der Waals surface area contributed by atoms with Crippen LogP contribution in [0.4, 0.5) is 0 Å². The molecule has 0 bridgehead atoms. The number of para-hydroxylation sites is 1. The van der Waals surface area contributed by atoms with Crippen LogP contribution in [0.5, 0.6) is 0 Å². The van der Waals surface area contributed by atoms with Gasteiger partial charge in [-0.3, -0.25) is 4.79 Å². The molecule has 0 spiro atoms. The van der Waals surface area contributed by atoms with Gasteiger partial charge in [0, 0.05) is 16.5 Å². The Labute approximate surface area is 182 Å². The third kappa shape index (κ3) is 2.54. The summed E-state index contributed by atoms with van der Waals surface area (Å²) in [4.78, 5) is 30.4. The quantitative estimate of drug-likeness (QED) is 0.387. The molecule has 0 saturated heterocycles. The molecule has 8 nitrogen and oxygen atoms in total. The fraction of sp³-hybridized carbons (Fsp3) is 0.208. The van der Waals surface area contributed by atoms with Gasteiger partial charge in [0.15, 0.2) is 5.60 Å². The van der Waals surface area contributed by atoms with E-state index in [4.69, 9.17) is 9.72 Å². The molecule has 0 amide bonds. The summed E-state index contributed by atoms with van der Waals surface area (Å²) in [5.74, 6) is -0.780. The number of esters is 1. The molecule has 3 aromatic rings. The van der Waals surface area contributed by atoms with E-state index in [9.17, 15) is 25.2 Å². The van der Waals surface area contributed by atoms with Crippen LogP contribution < -0.4 is 5.56 Å². The van der Waals surface area contributed by atoms with Gasteiger partial charge in [0.1, 0.15) is 24.3 Å². The van der Waals surface area contributed by atoms with E-state index < -0.39 is 11.6 Å². The zero-order chi connectivity index (χ0) is 22.6. The number of hydrogen-bond acceptors (Lipinski definition) is 7. The highest BCUT2D eigenvalue weighted by Crippen LogP contribution is 2.40. The molecular formula is C24H16N4O4. The number of nitriles is 2. The molecule has 2 aliphatic rings. The maximum Gasteiger partial charge on any atom is 0.343 e. The SMILES string of the molecule is CC[C@@]1(O)C(=O)OCc2c1cc1n(c2=O)Cc2c-1nc1ccccc1c2C=C(C#N)C#N. The first kappa shape index (κ1) is 19.7. The number of fused-ring (bicyclic) bond motifs is 5. The van der Waals surface area contributed by atoms with Crippen molar-refractivity contribution in [3.8, 4) is 23.5 Å². The molecule has 0 unspecified atom stereocenters. The van der Waals surface area contributed by atoms with Crippen molar-refractivity contribution in [3.63, 3.8) is 0 Å². The summed E-state index contributed by atoms with van der Waals surface area (Å²) in [5, 5.41) is 30.3. The monoisotopic (exact) mass is 424 g/mol. The third-order valence-corrected chi connectivity index (χ3v) is 6.17. The molecular weight excluding hydrogens is 408 g/mol. The molecule has 156 valence electrons. The predicted molar refractivity (Wildman–Crippen MR) is 114 cm³/mol. The topological polar surface area (TPSA) is 129 Å². The van der Waals surface area contributed by atoms with Gasteiger partial charge in [0.05, 0.1) is 29.0 Å². The highest BCUT2D eigenvalue weighted by molar-refractivity contribution is 5.94. The van der Waals surface area contributed by atoms with Gasteiger partial charge in [0.2, 0.25) is 0 Å². The molecule has 0 fully saturated rings.